The summed E-state index contributed by atoms with van der Waals surface area (Å²) in [6, 6.07) is 9.45. The van der Waals surface area contributed by atoms with E-state index in [4.69, 9.17) is 5.73 Å². The molecule has 0 bridgehead atoms. The van der Waals surface area contributed by atoms with Crippen LogP contribution in [-0.2, 0) is 6.42 Å². The molecule has 2 N–H and O–H groups in total. The largest absolute Gasteiger partial charge is 0.338 e. The lowest BCUT2D eigenvalue weighted by Crippen LogP contribution is -2.15. The Morgan fingerprint density at radius 3 is 2.60 bits per heavy atom. The topological polar surface area (TPSA) is 29.3 Å². The zero-order valence-corrected chi connectivity index (χ0v) is 11.2. The molecule has 1 aliphatic rings. The molecule has 20 heavy (non-hydrogen) atoms. The maximum Gasteiger partial charge on any atom is 0.147 e. The van der Waals surface area contributed by atoms with Gasteiger partial charge in [-0.2, -0.15) is 0 Å². The Kier molecular flexibility index (Phi) is 3.18. The first-order valence-electron chi connectivity index (χ1n) is 6.67. The van der Waals surface area contributed by atoms with E-state index in [1.807, 2.05) is 17.9 Å². The molecule has 2 aromatic carbocycles. The Bertz CT molecular complexity index is 653. The van der Waals surface area contributed by atoms with E-state index >= 15 is 0 Å². The lowest BCUT2D eigenvalue weighted by molar-refractivity contribution is 0.619. The third-order valence-electron chi connectivity index (χ3n) is 3.73. The molecule has 1 unspecified atom stereocenters. The number of rotatable bonds is 2. The highest BCUT2D eigenvalue weighted by Gasteiger charge is 2.23. The van der Waals surface area contributed by atoms with Crippen LogP contribution in [-0.4, -0.2) is 6.54 Å². The van der Waals surface area contributed by atoms with Gasteiger partial charge in [-0.15, -0.1) is 0 Å². The van der Waals surface area contributed by atoms with Gasteiger partial charge in [-0.1, -0.05) is 12.1 Å². The van der Waals surface area contributed by atoms with Crippen molar-refractivity contribution >= 4 is 11.4 Å². The van der Waals surface area contributed by atoms with Gasteiger partial charge >= 0.3 is 0 Å². The first kappa shape index (κ1) is 13.1. The van der Waals surface area contributed by atoms with Crippen molar-refractivity contribution in [3.05, 3.63) is 59.2 Å². The predicted molar refractivity (Wildman–Crippen MR) is 76.1 cm³/mol. The van der Waals surface area contributed by atoms with Gasteiger partial charge in [0.2, 0.25) is 0 Å². The number of benzene rings is 2. The first-order valence-corrected chi connectivity index (χ1v) is 6.67. The van der Waals surface area contributed by atoms with Gasteiger partial charge in [0.05, 0.1) is 5.69 Å². The molecule has 0 amide bonds. The van der Waals surface area contributed by atoms with Gasteiger partial charge in [-0.05, 0) is 48.7 Å². The van der Waals surface area contributed by atoms with Crippen molar-refractivity contribution in [2.75, 3.05) is 11.4 Å². The van der Waals surface area contributed by atoms with Crippen molar-refractivity contribution in [2.45, 2.75) is 19.4 Å². The van der Waals surface area contributed by atoms with Crippen molar-refractivity contribution in [3.8, 4) is 0 Å². The Labute approximate surface area is 116 Å². The van der Waals surface area contributed by atoms with Crippen LogP contribution in [0.4, 0.5) is 20.2 Å². The summed E-state index contributed by atoms with van der Waals surface area (Å²) in [6.07, 6.45) is 0.796. The zero-order valence-electron chi connectivity index (χ0n) is 11.2. The van der Waals surface area contributed by atoms with Gasteiger partial charge in [-0.25, -0.2) is 8.78 Å². The third-order valence-corrected chi connectivity index (χ3v) is 3.73. The molecule has 4 heteroatoms. The fourth-order valence-corrected chi connectivity index (χ4v) is 2.63. The minimum absolute atomic E-state index is 0.207. The monoisotopic (exact) mass is 274 g/mol. The summed E-state index contributed by atoms with van der Waals surface area (Å²) in [5.41, 5.74) is 8.77. The van der Waals surface area contributed by atoms with E-state index in [2.05, 4.69) is 0 Å². The number of anilines is 2. The maximum absolute atomic E-state index is 14.3. The first-order chi connectivity index (χ1) is 9.56. The minimum atomic E-state index is -0.322. The van der Waals surface area contributed by atoms with Crippen LogP contribution in [0, 0.1) is 11.6 Å². The van der Waals surface area contributed by atoms with Gasteiger partial charge in [0.1, 0.15) is 11.6 Å². The molecule has 104 valence electrons. The average Bonchev–Trinajstić information content (AvgIpc) is 2.81. The van der Waals surface area contributed by atoms with E-state index < -0.39 is 0 Å². The summed E-state index contributed by atoms with van der Waals surface area (Å²) in [4.78, 5) is 1.82. The van der Waals surface area contributed by atoms with Crippen LogP contribution >= 0.6 is 0 Å². The zero-order chi connectivity index (χ0) is 14.3. The lowest BCUT2D eigenvalue weighted by atomic mass is 10.1. The van der Waals surface area contributed by atoms with E-state index in [-0.39, 0.29) is 17.7 Å². The molecule has 2 aromatic rings. The molecule has 0 aliphatic carbocycles. The second-order valence-electron chi connectivity index (χ2n) is 5.17. The summed E-state index contributed by atoms with van der Waals surface area (Å²) >= 11 is 0. The SMILES string of the molecule is CC(N)c1ccc(N2CCc3ccc(F)cc32)c(F)c1. The van der Waals surface area contributed by atoms with E-state index in [0.29, 0.717) is 12.2 Å². The van der Waals surface area contributed by atoms with Crippen molar-refractivity contribution in [3.63, 3.8) is 0 Å². The predicted octanol–water partition coefficient (Wildman–Crippen LogP) is 3.68. The highest BCUT2D eigenvalue weighted by Crippen LogP contribution is 2.36. The van der Waals surface area contributed by atoms with Crippen molar-refractivity contribution in [1.82, 2.24) is 0 Å². The molecule has 3 rings (SSSR count). The summed E-state index contributed by atoms with van der Waals surface area (Å²) in [6.45, 7) is 2.47. The second kappa shape index (κ2) is 4.87. The molecule has 0 radical (unpaired) electrons. The van der Waals surface area contributed by atoms with Crippen LogP contribution in [0.3, 0.4) is 0 Å². The van der Waals surface area contributed by atoms with E-state index in [1.54, 1.807) is 12.1 Å². The molecule has 0 aromatic heterocycles. The molecule has 2 nitrogen and oxygen atoms in total. The normalized spacial score (nSPS) is 15.3. The Balaban J connectivity index is 2.02. The number of nitrogens with zero attached hydrogens (tertiary/aromatic N) is 1. The molecular formula is C16H16F2N2. The quantitative estimate of drug-likeness (QED) is 0.905. The van der Waals surface area contributed by atoms with Crippen LogP contribution in [0.2, 0.25) is 0 Å². The Hall–Kier alpha value is -1.94. The Morgan fingerprint density at radius 1 is 1.10 bits per heavy atom. The number of nitrogens with two attached hydrogens (primary N) is 1. The number of halogens is 2. The van der Waals surface area contributed by atoms with Gasteiger partial charge in [-0.3, -0.25) is 0 Å². The number of hydrogen-bond donors (Lipinski definition) is 1. The van der Waals surface area contributed by atoms with Gasteiger partial charge < -0.3 is 10.6 Å². The molecular weight excluding hydrogens is 258 g/mol. The van der Waals surface area contributed by atoms with Gasteiger partial charge in [0.25, 0.3) is 0 Å². The maximum atomic E-state index is 14.3. The summed E-state index contributed by atoms with van der Waals surface area (Å²) in [5.74, 6) is -0.625. The molecule has 0 spiro atoms. The van der Waals surface area contributed by atoms with Crippen LogP contribution in [0.15, 0.2) is 36.4 Å². The second-order valence-corrected chi connectivity index (χ2v) is 5.17. The fraction of sp³-hybridized carbons (Fsp3) is 0.250. The van der Waals surface area contributed by atoms with Crippen LogP contribution in [0.5, 0.6) is 0 Å². The third kappa shape index (κ3) is 2.16. The number of fused-ring (bicyclic) bond motifs is 1. The molecule has 0 saturated carbocycles. The smallest absolute Gasteiger partial charge is 0.147 e. The summed E-state index contributed by atoms with van der Waals surface area (Å²) in [7, 11) is 0. The Morgan fingerprint density at radius 2 is 1.90 bits per heavy atom. The van der Waals surface area contributed by atoms with E-state index in [9.17, 15) is 8.78 Å². The molecule has 1 aliphatic heterocycles. The molecule has 0 fully saturated rings. The van der Waals surface area contributed by atoms with E-state index in [1.165, 1.54) is 18.2 Å². The molecule has 0 saturated heterocycles. The molecule has 1 atom stereocenters. The van der Waals surface area contributed by atoms with Gasteiger partial charge in [0.15, 0.2) is 0 Å². The van der Waals surface area contributed by atoms with Crippen LogP contribution < -0.4 is 10.6 Å². The summed E-state index contributed by atoms with van der Waals surface area (Å²) in [5, 5.41) is 0. The van der Waals surface area contributed by atoms with Crippen LogP contribution in [0.1, 0.15) is 24.1 Å². The average molecular weight is 274 g/mol. The van der Waals surface area contributed by atoms with Gasteiger partial charge in [0, 0.05) is 18.3 Å². The highest BCUT2D eigenvalue weighted by atomic mass is 19.1. The number of hydrogen-bond acceptors (Lipinski definition) is 2. The fourth-order valence-electron chi connectivity index (χ4n) is 2.63. The van der Waals surface area contributed by atoms with Crippen LogP contribution in [0.25, 0.3) is 0 Å². The van der Waals surface area contributed by atoms with E-state index in [0.717, 1.165) is 23.2 Å². The lowest BCUT2D eigenvalue weighted by Gasteiger charge is -2.21. The molecule has 1 heterocycles. The van der Waals surface area contributed by atoms with Crippen molar-refractivity contribution < 1.29 is 8.78 Å². The standard InChI is InChI=1S/C16H16F2N2/c1-10(19)12-3-5-15(14(18)8-12)20-7-6-11-2-4-13(17)9-16(11)20/h2-5,8-10H,6-7,19H2,1H3. The summed E-state index contributed by atoms with van der Waals surface area (Å²) < 4.78 is 27.7. The van der Waals surface area contributed by atoms with Crippen molar-refractivity contribution in [1.29, 1.82) is 0 Å². The minimum Gasteiger partial charge on any atom is -0.338 e. The van der Waals surface area contributed by atoms with Crippen molar-refractivity contribution in [2.24, 2.45) is 5.73 Å². The highest BCUT2D eigenvalue weighted by molar-refractivity contribution is 5.70.